The lowest BCUT2D eigenvalue weighted by atomic mass is 9.96. The Balaban J connectivity index is 1.46. The van der Waals surface area contributed by atoms with Crippen LogP contribution in [0.25, 0.3) is 0 Å². The summed E-state index contributed by atoms with van der Waals surface area (Å²) in [5.74, 6) is 0.373. The monoisotopic (exact) mass is 412 g/mol. The molecule has 2 heterocycles. The molecule has 8 nitrogen and oxygen atoms in total. The maximum atomic E-state index is 12.5. The molecule has 0 atom stereocenters. The van der Waals surface area contributed by atoms with Crippen molar-refractivity contribution in [3.05, 3.63) is 59.5 Å². The van der Waals surface area contributed by atoms with Gasteiger partial charge in [0.05, 0.1) is 12.8 Å². The molecule has 0 aliphatic carbocycles. The highest BCUT2D eigenvalue weighted by atomic mass is 16.3. The van der Waals surface area contributed by atoms with Crippen LogP contribution in [0.15, 0.2) is 47.1 Å². The SMILES string of the molecule is CN(C)C(=O)N1CCC(C(=O)NCc2cccc(C(=O)NCc3ccco3)c2)CC1. The van der Waals surface area contributed by atoms with Gasteiger partial charge in [-0.1, -0.05) is 12.1 Å². The van der Waals surface area contributed by atoms with Gasteiger partial charge in [-0.25, -0.2) is 4.79 Å². The van der Waals surface area contributed by atoms with E-state index in [1.807, 2.05) is 6.07 Å². The van der Waals surface area contributed by atoms with Gasteiger partial charge in [0.15, 0.2) is 0 Å². The van der Waals surface area contributed by atoms with Crippen LogP contribution in [0.2, 0.25) is 0 Å². The van der Waals surface area contributed by atoms with Crippen LogP contribution in [-0.4, -0.2) is 54.8 Å². The molecule has 0 unspecified atom stereocenters. The number of hydrogen-bond donors (Lipinski definition) is 2. The Labute approximate surface area is 176 Å². The topological polar surface area (TPSA) is 94.9 Å². The van der Waals surface area contributed by atoms with Gasteiger partial charge in [-0.3, -0.25) is 9.59 Å². The second-order valence-corrected chi connectivity index (χ2v) is 7.62. The third-order valence-corrected chi connectivity index (χ3v) is 5.18. The summed E-state index contributed by atoms with van der Waals surface area (Å²) in [6.45, 7) is 1.84. The number of nitrogens with zero attached hydrogens (tertiary/aromatic N) is 2. The number of rotatable bonds is 6. The minimum atomic E-state index is -0.197. The summed E-state index contributed by atoms with van der Waals surface area (Å²) in [4.78, 5) is 40.2. The summed E-state index contributed by atoms with van der Waals surface area (Å²) in [6.07, 6.45) is 2.87. The summed E-state index contributed by atoms with van der Waals surface area (Å²) in [5.41, 5.74) is 1.39. The largest absolute Gasteiger partial charge is 0.467 e. The molecule has 1 aliphatic rings. The number of benzene rings is 1. The van der Waals surface area contributed by atoms with Crippen molar-refractivity contribution >= 4 is 17.8 Å². The van der Waals surface area contributed by atoms with Crippen molar-refractivity contribution in [3.63, 3.8) is 0 Å². The molecule has 0 saturated carbocycles. The van der Waals surface area contributed by atoms with Crippen molar-refractivity contribution < 1.29 is 18.8 Å². The predicted octanol–water partition coefficient (Wildman–Crippen LogP) is 2.22. The predicted molar refractivity (Wildman–Crippen MR) is 112 cm³/mol. The zero-order chi connectivity index (χ0) is 21.5. The Kier molecular flexibility index (Phi) is 7.11. The normalized spacial score (nSPS) is 14.3. The highest BCUT2D eigenvalue weighted by Crippen LogP contribution is 2.18. The van der Waals surface area contributed by atoms with Crippen LogP contribution < -0.4 is 10.6 Å². The fourth-order valence-electron chi connectivity index (χ4n) is 3.45. The number of furan rings is 1. The first kappa shape index (κ1) is 21.4. The molecule has 160 valence electrons. The quantitative estimate of drug-likeness (QED) is 0.761. The number of carbonyl (C=O) groups is 3. The molecular weight excluding hydrogens is 384 g/mol. The number of carbonyl (C=O) groups excluding carboxylic acids is 3. The number of piperidine rings is 1. The van der Waals surface area contributed by atoms with E-state index < -0.39 is 0 Å². The van der Waals surface area contributed by atoms with E-state index >= 15 is 0 Å². The Hall–Kier alpha value is -3.29. The van der Waals surface area contributed by atoms with Gasteiger partial charge < -0.3 is 24.9 Å². The van der Waals surface area contributed by atoms with Gasteiger partial charge in [-0.15, -0.1) is 0 Å². The highest BCUT2D eigenvalue weighted by molar-refractivity contribution is 5.94. The highest BCUT2D eigenvalue weighted by Gasteiger charge is 2.27. The molecule has 4 amide bonds. The first-order chi connectivity index (χ1) is 14.4. The molecule has 1 aliphatic heterocycles. The van der Waals surface area contributed by atoms with Crippen molar-refractivity contribution in [2.75, 3.05) is 27.2 Å². The van der Waals surface area contributed by atoms with Crippen LogP contribution >= 0.6 is 0 Å². The number of nitrogens with one attached hydrogen (secondary N) is 2. The second kappa shape index (κ2) is 9.96. The van der Waals surface area contributed by atoms with Crippen LogP contribution in [0.3, 0.4) is 0 Å². The molecule has 2 aromatic rings. The summed E-state index contributed by atoms with van der Waals surface area (Å²) in [5, 5.41) is 5.77. The summed E-state index contributed by atoms with van der Waals surface area (Å²) >= 11 is 0. The third kappa shape index (κ3) is 5.62. The van der Waals surface area contributed by atoms with Crippen LogP contribution in [0.4, 0.5) is 4.79 Å². The number of amides is 4. The van der Waals surface area contributed by atoms with Gasteiger partial charge in [0, 0.05) is 45.2 Å². The molecule has 0 spiro atoms. The molecule has 1 aromatic carbocycles. The van der Waals surface area contributed by atoms with Crippen LogP contribution in [0.5, 0.6) is 0 Å². The Morgan fingerprint density at radius 1 is 1.07 bits per heavy atom. The zero-order valence-electron chi connectivity index (χ0n) is 17.4. The molecular formula is C22H28N4O4. The van der Waals surface area contributed by atoms with E-state index in [0.29, 0.717) is 50.3 Å². The molecule has 2 N–H and O–H groups in total. The first-order valence-electron chi connectivity index (χ1n) is 10.1. The van der Waals surface area contributed by atoms with Gasteiger partial charge in [0.1, 0.15) is 5.76 Å². The number of urea groups is 1. The first-order valence-corrected chi connectivity index (χ1v) is 10.1. The Morgan fingerprint density at radius 2 is 1.83 bits per heavy atom. The summed E-state index contributed by atoms with van der Waals surface area (Å²) < 4.78 is 5.21. The van der Waals surface area contributed by atoms with Gasteiger partial charge in [0.25, 0.3) is 5.91 Å². The second-order valence-electron chi connectivity index (χ2n) is 7.62. The van der Waals surface area contributed by atoms with E-state index in [1.165, 1.54) is 0 Å². The van der Waals surface area contributed by atoms with E-state index in [9.17, 15) is 14.4 Å². The fourth-order valence-corrected chi connectivity index (χ4v) is 3.45. The molecule has 0 bridgehead atoms. The maximum Gasteiger partial charge on any atom is 0.319 e. The van der Waals surface area contributed by atoms with E-state index in [1.54, 1.807) is 60.5 Å². The molecule has 1 aromatic heterocycles. The summed E-state index contributed by atoms with van der Waals surface area (Å²) in [6, 6.07) is 10.7. The molecule has 0 radical (unpaired) electrons. The minimum absolute atomic E-state index is 0.0142. The van der Waals surface area contributed by atoms with Crippen LogP contribution in [0.1, 0.15) is 34.5 Å². The van der Waals surface area contributed by atoms with Gasteiger partial charge in [0.2, 0.25) is 5.91 Å². The van der Waals surface area contributed by atoms with E-state index in [4.69, 9.17) is 4.42 Å². The van der Waals surface area contributed by atoms with Crippen molar-refractivity contribution in [3.8, 4) is 0 Å². The van der Waals surface area contributed by atoms with Crippen molar-refractivity contribution in [2.24, 2.45) is 5.92 Å². The third-order valence-electron chi connectivity index (χ3n) is 5.18. The molecule has 1 fully saturated rings. The lowest BCUT2D eigenvalue weighted by molar-refractivity contribution is -0.126. The average Bonchev–Trinajstić information content (AvgIpc) is 3.29. The van der Waals surface area contributed by atoms with E-state index in [-0.39, 0.29) is 23.8 Å². The Bertz CT molecular complexity index is 871. The Morgan fingerprint density at radius 3 is 2.50 bits per heavy atom. The van der Waals surface area contributed by atoms with Crippen LogP contribution in [0, 0.1) is 5.92 Å². The molecule has 3 rings (SSSR count). The van der Waals surface area contributed by atoms with Crippen molar-refractivity contribution in [1.82, 2.24) is 20.4 Å². The standard InChI is InChI=1S/C22H28N4O4/c1-25(2)22(29)26-10-8-17(9-11-26)20(27)23-14-16-5-3-6-18(13-16)21(28)24-15-19-7-4-12-30-19/h3-7,12-13,17H,8-11,14-15H2,1-2H3,(H,23,27)(H,24,28). The molecule has 1 saturated heterocycles. The van der Waals surface area contributed by atoms with Gasteiger partial charge in [-0.2, -0.15) is 0 Å². The maximum absolute atomic E-state index is 12.5. The molecule has 30 heavy (non-hydrogen) atoms. The zero-order valence-corrected chi connectivity index (χ0v) is 17.4. The van der Waals surface area contributed by atoms with E-state index in [2.05, 4.69) is 10.6 Å². The summed E-state index contributed by atoms with van der Waals surface area (Å²) in [7, 11) is 3.46. The van der Waals surface area contributed by atoms with Crippen molar-refractivity contribution in [1.29, 1.82) is 0 Å². The molecule has 8 heteroatoms. The lowest BCUT2D eigenvalue weighted by Crippen LogP contribution is -2.46. The smallest absolute Gasteiger partial charge is 0.319 e. The van der Waals surface area contributed by atoms with Crippen LogP contribution in [-0.2, 0) is 17.9 Å². The average molecular weight is 412 g/mol. The van der Waals surface area contributed by atoms with Gasteiger partial charge in [-0.05, 0) is 42.7 Å². The lowest BCUT2D eigenvalue weighted by Gasteiger charge is -2.33. The fraction of sp³-hybridized carbons (Fsp3) is 0.409. The van der Waals surface area contributed by atoms with E-state index in [0.717, 1.165) is 5.56 Å². The van der Waals surface area contributed by atoms with Gasteiger partial charge >= 0.3 is 6.03 Å². The van der Waals surface area contributed by atoms with Crippen molar-refractivity contribution in [2.45, 2.75) is 25.9 Å². The minimum Gasteiger partial charge on any atom is -0.467 e. The number of hydrogen-bond acceptors (Lipinski definition) is 4. The number of likely N-dealkylation sites (tertiary alicyclic amines) is 1.